The van der Waals surface area contributed by atoms with E-state index in [1.165, 1.54) is 0 Å². The standard InChI is InChI=1S/C15H10Cl2N2O2/c16-10-2-1-3-11(17)14(10)19-15(20)13-7-8-6-9(18)4-5-12(8)21-13/h1-7H,18H2,(H,19,20). The average molecular weight is 321 g/mol. The molecular weight excluding hydrogens is 311 g/mol. The second-order valence-electron chi connectivity index (χ2n) is 4.46. The van der Waals surface area contributed by atoms with Crippen LogP contribution in [0.15, 0.2) is 46.9 Å². The van der Waals surface area contributed by atoms with Gasteiger partial charge in [-0.2, -0.15) is 0 Å². The van der Waals surface area contributed by atoms with E-state index < -0.39 is 5.91 Å². The van der Waals surface area contributed by atoms with Crippen molar-refractivity contribution in [1.82, 2.24) is 0 Å². The number of halogens is 2. The summed E-state index contributed by atoms with van der Waals surface area (Å²) in [6.07, 6.45) is 0. The zero-order valence-corrected chi connectivity index (χ0v) is 12.2. The molecule has 6 heteroatoms. The lowest BCUT2D eigenvalue weighted by Crippen LogP contribution is -2.11. The van der Waals surface area contributed by atoms with Crippen LogP contribution in [0.1, 0.15) is 10.6 Å². The third-order valence-electron chi connectivity index (χ3n) is 2.97. The van der Waals surface area contributed by atoms with E-state index in [1.54, 1.807) is 42.5 Å². The minimum Gasteiger partial charge on any atom is -0.451 e. The van der Waals surface area contributed by atoms with Gasteiger partial charge >= 0.3 is 0 Å². The van der Waals surface area contributed by atoms with Gasteiger partial charge in [0.05, 0.1) is 15.7 Å². The first-order chi connectivity index (χ1) is 10.0. The number of hydrogen-bond acceptors (Lipinski definition) is 3. The molecule has 0 unspecified atom stereocenters. The molecule has 106 valence electrons. The number of nitrogens with two attached hydrogens (primary N) is 1. The van der Waals surface area contributed by atoms with Crippen LogP contribution < -0.4 is 11.1 Å². The molecule has 0 aliphatic carbocycles. The van der Waals surface area contributed by atoms with Crippen molar-refractivity contribution in [2.24, 2.45) is 0 Å². The maximum absolute atomic E-state index is 12.2. The van der Waals surface area contributed by atoms with Gasteiger partial charge in [0.15, 0.2) is 5.76 Å². The summed E-state index contributed by atoms with van der Waals surface area (Å²) in [5, 5.41) is 4.11. The van der Waals surface area contributed by atoms with Gasteiger partial charge in [0, 0.05) is 11.1 Å². The van der Waals surface area contributed by atoms with Crippen LogP contribution in [0.3, 0.4) is 0 Å². The maximum Gasteiger partial charge on any atom is 0.291 e. The zero-order valence-electron chi connectivity index (χ0n) is 10.7. The van der Waals surface area contributed by atoms with Crippen molar-refractivity contribution < 1.29 is 9.21 Å². The van der Waals surface area contributed by atoms with Gasteiger partial charge in [-0.25, -0.2) is 0 Å². The van der Waals surface area contributed by atoms with Gasteiger partial charge in [0.1, 0.15) is 5.58 Å². The van der Waals surface area contributed by atoms with Gasteiger partial charge in [0.2, 0.25) is 0 Å². The van der Waals surface area contributed by atoms with Crippen molar-refractivity contribution in [1.29, 1.82) is 0 Å². The maximum atomic E-state index is 12.2. The van der Waals surface area contributed by atoms with E-state index in [0.29, 0.717) is 27.0 Å². The molecule has 1 amide bonds. The first kappa shape index (κ1) is 13.8. The van der Waals surface area contributed by atoms with Crippen molar-refractivity contribution in [3.63, 3.8) is 0 Å². The molecule has 4 nitrogen and oxygen atoms in total. The van der Waals surface area contributed by atoms with E-state index in [4.69, 9.17) is 33.4 Å². The number of anilines is 2. The summed E-state index contributed by atoms with van der Waals surface area (Å²) in [4.78, 5) is 12.2. The van der Waals surface area contributed by atoms with Crippen LogP contribution in [0, 0.1) is 0 Å². The van der Waals surface area contributed by atoms with Crippen molar-refractivity contribution in [2.45, 2.75) is 0 Å². The molecule has 0 bridgehead atoms. The van der Waals surface area contributed by atoms with Gasteiger partial charge in [-0.05, 0) is 36.4 Å². The predicted octanol–water partition coefficient (Wildman–Crippen LogP) is 4.57. The Balaban J connectivity index is 1.94. The number of nitrogens with one attached hydrogen (secondary N) is 1. The Bertz CT molecular complexity index is 823. The van der Waals surface area contributed by atoms with Crippen LogP contribution in [-0.4, -0.2) is 5.91 Å². The Morgan fingerprint density at radius 2 is 1.81 bits per heavy atom. The Kier molecular flexibility index (Phi) is 3.49. The van der Waals surface area contributed by atoms with E-state index in [0.717, 1.165) is 5.39 Å². The number of carbonyl (C=O) groups is 1. The van der Waals surface area contributed by atoms with Crippen LogP contribution >= 0.6 is 23.2 Å². The molecule has 2 aromatic carbocycles. The van der Waals surface area contributed by atoms with Gasteiger partial charge < -0.3 is 15.5 Å². The highest BCUT2D eigenvalue weighted by Crippen LogP contribution is 2.30. The molecule has 3 N–H and O–H groups in total. The van der Waals surface area contributed by atoms with Gasteiger partial charge in [-0.1, -0.05) is 29.3 Å². The summed E-state index contributed by atoms with van der Waals surface area (Å²) in [5.41, 5.74) is 7.23. The fourth-order valence-corrected chi connectivity index (χ4v) is 2.46. The summed E-state index contributed by atoms with van der Waals surface area (Å²) in [7, 11) is 0. The number of benzene rings is 2. The van der Waals surface area contributed by atoms with Gasteiger partial charge in [-0.15, -0.1) is 0 Å². The summed E-state index contributed by atoms with van der Waals surface area (Å²) >= 11 is 12.0. The molecule has 0 aliphatic heterocycles. The number of para-hydroxylation sites is 1. The summed E-state index contributed by atoms with van der Waals surface area (Å²) in [6, 6.07) is 11.8. The lowest BCUT2D eigenvalue weighted by molar-refractivity contribution is 0.0998. The molecule has 3 rings (SSSR count). The minimum absolute atomic E-state index is 0.159. The van der Waals surface area contributed by atoms with Gasteiger partial charge in [0.25, 0.3) is 5.91 Å². The average Bonchev–Trinajstić information content (AvgIpc) is 2.86. The topological polar surface area (TPSA) is 68.3 Å². The SMILES string of the molecule is Nc1ccc2oc(C(=O)Nc3c(Cl)cccc3Cl)cc2c1. The predicted molar refractivity (Wildman–Crippen MR) is 85.0 cm³/mol. The second-order valence-corrected chi connectivity index (χ2v) is 5.27. The molecule has 21 heavy (non-hydrogen) atoms. The monoisotopic (exact) mass is 320 g/mol. The van der Waals surface area contributed by atoms with E-state index in [1.807, 2.05) is 0 Å². The first-order valence-electron chi connectivity index (χ1n) is 6.09. The number of furan rings is 1. The van der Waals surface area contributed by atoms with Crippen LogP contribution in [0.2, 0.25) is 10.0 Å². The fourth-order valence-electron chi connectivity index (χ4n) is 1.97. The Labute approximate surface area is 130 Å². The molecule has 0 radical (unpaired) electrons. The van der Waals surface area contributed by atoms with Crippen LogP contribution in [0.5, 0.6) is 0 Å². The lowest BCUT2D eigenvalue weighted by Gasteiger charge is -2.07. The quantitative estimate of drug-likeness (QED) is 0.679. The summed E-state index contributed by atoms with van der Waals surface area (Å²) in [6.45, 7) is 0. The third-order valence-corrected chi connectivity index (χ3v) is 3.60. The number of amides is 1. The number of carbonyl (C=O) groups excluding carboxylic acids is 1. The fraction of sp³-hybridized carbons (Fsp3) is 0. The van der Waals surface area contributed by atoms with Crippen molar-refractivity contribution >= 4 is 51.5 Å². The van der Waals surface area contributed by atoms with E-state index in [9.17, 15) is 4.79 Å². The highest BCUT2D eigenvalue weighted by Gasteiger charge is 2.15. The smallest absolute Gasteiger partial charge is 0.291 e. The van der Waals surface area contributed by atoms with Crippen molar-refractivity contribution in [2.75, 3.05) is 11.1 Å². The molecule has 0 saturated heterocycles. The Morgan fingerprint density at radius 3 is 2.52 bits per heavy atom. The molecule has 0 aliphatic rings. The molecule has 0 saturated carbocycles. The Morgan fingerprint density at radius 1 is 1.10 bits per heavy atom. The number of nitrogen functional groups attached to an aromatic ring is 1. The zero-order chi connectivity index (χ0) is 15.0. The molecule has 3 aromatic rings. The number of hydrogen-bond donors (Lipinski definition) is 2. The van der Waals surface area contributed by atoms with Crippen molar-refractivity contribution in [3.05, 3.63) is 58.3 Å². The van der Waals surface area contributed by atoms with E-state index >= 15 is 0 Å². The number of rotatable bonds is 2. The normalized spacial score (nSPS) is 10.8. The van der Waals surface area contributed by atoms with Crippen LogP contribution in [0.25, 0.3) is 11.0 Å². The molecule has 1 heterocycles. The molecule has 0 fully saturated rings. The highest BCUT2D eigenvalue weighted by atomic mass is 35.5. The third kappa shape index (κ3) is 2.68. The molecule has 1 aromatic heterocycles. The molecule has 0 spiro atoms. The molecule has 0 atom stereocenters. The van der Waals surface area contributed by atoms with Crippen molar-refractivity contribution in [3.8, 4) is 0 Å². The van der Waals surface area contributed by atoms with E-state index in [2.05, 4.69) is 5.32 Å². The van der Waals surface area contributed by atoms with Gasteiger partial charge in [-0.3, -0.25) is 4.79 Å². The Hall–Kier alpha value is -2.17. The minimum atomic E-state index is -0.431. The molecular formula is C15H10Cl2N2O2. The second kappa shape index (κ2) is 5.31. The highest BCUT2D eigenvalue weighted by molar-refractivity contribution is 6.40. The first-order valence-corrected chi connectivity index (χ1v) is 6.84. The summed E-state index contributed by atoms with van der Waals surface area (Å²) < 4.78 is 5.48. The lowest BCUT2D eigenvalue weighted by atomic mass is 10.2. The number of fused-ring (bicyclic) bond motifs is 1. The van der Waals surface area contributed by atoms with Crippen LogP contribution in [0.4, 0.5) is 11.4 Å². The summed E-state index contributed by atoms with van der Waals surface area (Å²) in [5.74, 6) is -0.272. The van der Waals surface area contributed by atoms with E-state index in [-0.39, 0.29) is 5.76 Å². The largest absolute Gasteiger partial charge is 0.451 e. The van der Waals surface area contributed by atoms with Crippen LogP contribution in [-0.2, 0) is 0 Å².